The molecular formula is C65H99N11O15. The van der Waals surface area contributed by atoms with Crippen molar-refractivity contribution in [1.29, 1.82) is 0 Å². The summed E-state index contributed by atoms with van der Waals surface area (Å²) in [6.07, 6.45) is 0.780. The van der Waals surface area contributed by atoms with E-state index in [-0.39, 0.29) is 63.1 Å². The van der Waals surface area contributed by atoms with Crippen molar-refractivity contribution in [2.75, 3.05) is 53.3 Å². The highest BCUT2D eigenvalue weighted by molar-refractivity contribution is 6.13. The molecule has 2 aromatic rings. The number of imide groups is 1. The Morgan fingerprint density at radius 1 is 0.736 bits per heavy atom. The molecule has 0 unspecified atom stereocenters. The van der Waals surface area contributed by atoms with Crippen LogP contribution < -0.4 is 37.6 Å². The molecule has 0 aliphatic carbocycles. The maximum absolute atomic E-state index is 14.8. The lowest BCUT2D eigenvalue weighted by atomic mass is 9.89. The van der Waals surface area contributed by atoms with E-state index in [1.165, 1.54) is 21.3 Å². The maximum Gasteiger partial charge on any atom is 0.410 e. The Balaban J connectivity index is 1.39. The van der Waals surface area contributed by atoms with Gasteiger partial charge in [0.05, 0.1) is 48.8 Å². The summed E-state index contributed by atoms with van der Waals surface area (Å²) < 4.78 is 17.7. The highest BCUT2D eigenvalue weighted by Gasteiger charge is 2.44. The van der Waals surface area contributed by atoms with Crippen LogP contribution in [0.4, 0.5) is 15.3 Å². The van der Waals surface area contributed by atoms with E-state index in [1.807, 2.05) is 32.0 Å². The molecule has 0 spiro atoms. The molecule has 12 atom stereocenters. The molecule has 0 aromatic heterocycles. The van der Waals surface area contributed by atoms with Gasteiger partial charge in [-0.25, -0.2) is 9.59 Å². The van der Waals surface area contributed by atoms with Crippen LogP contribution >= 0.6 is 0 Å². The van der Waals surface area contributed by atoms with Crippen molar-refractivity contribution in [1.82, 2.24) is 46.2 Å². The number of hydrogen-bond donors (Lipinski definition) is 8. The number of likely N-dealkylation sites (tertiary alicyclic amines) is 1. The molecule has 9 N–H and O–H groups in total. The third-order valence-corrected chi connectivity index (χ3v) is 17.0. The number of carbonyl (C=O) groups is 11. The van der Waals surface area contributed by atoms with Gasteiger partial charge in [0.1, 0.15) is 30.8 Å². The normalized spacial score (nSPS) is 17.6. The van der Waals surface area contributed by atoms with E-state index >= 15 is 0 Å². The second kappa shape index (κ2) is 36.2. The molecule has 2 aliphatic heterocycles. The predicted octanol–water partition coefficient (Wildman–Crippen LogP) is 3.91. The van der Waals surface area contributed by atoms with E-state index in [2.05, 4.69) is 31.9 Å². The number of benzene rings is 2. The number of methoxy groups -OCH3 is 2. The summed E-state index contributed by atoms with van der Waals surface area (Å²) >= 11 is 0. The fraction of sp³-hybridized carbons (Fsp3) is 0.615. The van der Waals surface area contributed by atoms with Gasteiger partial charge in [0.15, 0.2) is 0 Å². The van der Waals surface area contributed by atoms with Crippen molar-refractivity contribution in [3.05, 3.63) is 77.9 Å². The summed E-state index contributed by atoms with van der Waals surface area (Å²) in [6, 6.07) is 8.48. The monoisotopic (exact) mass is 1270 g/mol. The molecule has 0 bridgehead atoms. The number of amides is 12. The summed E-state index contributed by atoms with van der Waals surface area (Å²) in [7, 11) is 6.06. The first-order valence-electron chi connectivity index (χ1n) is 31.4. The average molecular weight is 1270 g/mol. The number of ether oxygens (including phenoxy) is 3. The van der Waals surface area contributed by atoms with Crippen LogP contribution in [-0.4, -0.2) is 192 Å². The summed E-state index contributed by atoms with van der Waals surface area (Å²) in [6.45, 7) is 18.0. The van der Waals surface area contributed by atoms with Crippen LogP contribution in [0.5, 0.6) is 0 Å². The Morgan fingerprint density at radius 3 is 1.92 bits per heavy atom. The molecule has 0 radical (unpaired) electrons. The summed E-state index contributed by atoms with van der Waals surface area (Å²) in [5.41, 5.74) is 6.71. The minimum Gasteiger partial charge on any atom is -0.445 e. The minimum atomic E-state index is -1.15. The Labute approximate surface area is 535 Å². The van der Waals surface area contributed by atoms with Crippen LogP contribution in [0.25, 0.3) is 0 Å². The van der Waals surface area contributed by atoms with Crippen LogP contribution in [0.2, 0.25) is 0 Å². The Kier molecular flexibility index (Phi) is 30.0. The molecule has 1 fully saturated rings. The summed E-state index contributed by atoms with van der Waals surface area (Å²) in [5, 5.41) is 27.3. The third-order valence-electron chi connectivity index (χ3n) is 17.0. The van der Waals surface area contributed by atoms with Gasteiger partial charge in [0, 0.05) is 72.2 Å². The van der Waals surface area contributed by atoms with Crippen molar-refractivity contribution in [2.24, 2.45) is 35.3 Å². The molecular weight excluding hydrogens is 1170 g/mol. The topological polar surface area (TPSA) is 347 Å². The third kappa shape index (κ3) is 21.6. The zero-order valence-corrected chi connectivity index (χ0v) is 55.3. The van der Waals surface area contributed by atoms with Crippen LogP contribution in [0.15, 0.2) is 66.7 Å². The van der Waals surface area contributed by atoms with Crippen molar-refractivity contribution >= 4 is 71.0 Å². The standard InChI is InChI=1S/C65H99N11O15/c1-15-40(8)56(48(89-13)35-52(80)75-33-20-24-47(75)58(90-14)41(9)59(82)68-42(10)57(81)44-21-17-16-18-22-44)73(11)63(86)54(38(4)5)72-62(85)55(39(6)7)74(12)65(88)91-36-43-25-27-45(28-26-43)69-60(83)46(23-19-32-67-64(66)87)70-61(84)53(37(2)3)71-49(77)31-34-76-50(78)29-30-51(76)79/h16-18,21-22,25-30,37-42,46-48,53-58,81H,15,19-20,23-24,31-36H2,1-14H3,(H,68,82)(H,69,83)(H,70,84)(H,71,77)(H,72,85)(H3,66,67,87)/t40-,41+,42+,46-,47-,48+,53-,54-,55-,56-,57+,58+/m0/s1. The highest BCUT2D eigenvalue weighted by Crippen LogP contribution is 2.31. The first-order valence-corrected chi connectivity index (χ1v) is 31.4. The summed E-state index contributed by atoms with van der Waals surface area (Å²) in [4.78, 5) is 152. The molecule has 2 aromatic carbocycles. The van der Waals surface area contributed by atoms with E-state index in [0.717, 1.165) is 22.0 Å². The number of primary amides is 1. The van der Waals surface area contributed by atoms with E-state index in [1.54, 1.807) is 109 Å². The van der Waals surface area contributed by atoms with E-state index < -0.39 is 138 Å². The summed E-state index contributed by atoms with van der Waals surface area (Å²) in [5.74, 6) is -6.79. The molecule has 2 heterocycles. The van der Waals surface area contributed by atoms with Gasteiger partial charge in [0.2, 0.25) is 41.4 Å². The fourth-order valence-corrected chi connectivity index (χ4v) is 11.5. The zero-order chi connectivity index (χ0) is 68.0. The van der Waals surface area contributed by atoms with Crippen LogP contribution in [-0.2, 0) is 64.0 Å². The van der Waals surface area contributed by atoms with Crippen LogP contribution in [0.3, 0.4) is 0 Å². The Morgan fingerprint density at radius 2 is 1.36 bits per heavy atom. The Hall–Kier alpha value is -7.97. The number of rotatable bonds is 35. The highest BCUT2D eigenvalue weighted by atomic mass is 16.6. The number of carbonyl (C=O) groups excluding carboxylic acids is 11. The molecule has 1 saturated heterocycles. The number of likely N-dealkylation sites (N-methyl/N-ethyl adjacent to an activating group) is 2. The molecule has 504 valence electrons. The number of nitrogens with one attached hydrogen (secondary N) is 6. The quantitative estimate of drug-likeness (QED) is 0.0358. The second-order valence-electron chi connectivity index (χ2n) is 24.7. The van der Waals surface area contributed by atoms with Crippen molar-refractivity contribution in [2.45, 2.75) is 181 Å². The van der Waals surface area contributed by atoms with Gasteiger partial charge in [-0.05, 0) is 79.5 Å². The lowest BCUT2D eigenvalue weighted by Gasteiger charge is -2.41. The largest absolute Gasteiger partial charge is 0.445 e. The van der Waals surface area contributed by atoms with Gasteiger partial charge in [-0.2, -0.15) is 0 Å². The molecule has 26 nitrogen and oxygen atoms in total. The second-order valence-corrected chi connectivity index (χ2v) is 24.7. The van der Waals surface area contributed by atoms with Crippen LogP contribution in [0.1, 0.15) is 131 Å². The lowest BCUT2D eigenvalue weighted by Crippen LogP contribution is -2.60. The molecule has 0 saturated carbocycles. The molecule has 12 amide bonds. The number of anilines is 1. The number of nitrogens with zero attached hydrogens (tertiary/aromatic N) is 4. The van der Waals surface area contributed by atoms with E-state index in [9.17, 15) is 57.8 Å². The van der Waals surface area contributed by atoms with Gasteiger partial charge >= 0.3 is 12.1 Å². The SMILES string of the molecule is CC[C@H](C)[C@@H]([C@@H](CC(=O)N1CCC[C@H]1[C@H](OC)[C@@H](C)C(=O)N[C@H](C)[C@@H](O)c1ccccc1)OC)N(C)C(=O)[C@@H](NC(=O)[C@H](C(C)C)N(C)C(=O)OCc1ccc(NC(=O)[C@H](CCCNC(N)=O)NC(=O)[C@@H](NC(=O)CCN2C(=O)C=CC2=O)C(C)C)cc1)C(C)C. The Bertz CT molecular complexity index is 2820. The van der Waals surface area contributed by atoms with Crippen LogP contribution in [0, 0.1) is 29.6 Å². The van der Waals surface area contributed by atoms with Gasteiger partial charge in [-0.15, -0.1) is 0 Å². The zero-order valence-electron chi connectivity index (χ0n) is 55.3. The van der Waals surface area contributed by atoms with Crippen molar-refractivity contribution in [3.8, 4) is 0 Å². The number of nitrogens with two attached hydrogens (primary N) is 1. The number of hydrogen-bond acceptors (Lipinski definition) is 15. The maximum atomic E-state index is 14.8. The number of aliphatic hydroxyl groups excluding tert-OH is 1. The lowest BCUT2D eigenvalue weighted by molar-refractivity contribution is -0.148. The van der Waals surface area contributed by atoms with E-state index in [4.69, 9.17) is 19.9 Å². The fourth-order valence-electron chi connectivity index (χ4n) is 11.5. The number of aliphatic hydroxyl groups is 1. The van der Waals surface area contributed by atoms with Crippen molar-refractivity contribution in [3.63, 3.8) is 0 Å². The van der Waals surface area contributed by atoms with Crippen molar-refractivity contribution < 1.29 is 72.1 Å². The first kappa shape index (κ1) is 75.5. The smallest absolute Gasteiger partial charge is 0.410 e. The molecule has 4 rings (SSSR count). The van der Waals surface area contributed by atoms with Gasteiger partial charge < -0.3 is 66.8 Å². The predicted molar refractivity (Wildman–Crippen MR) is 340 cm³/mol. The first-order chi connectivity index (χ1) is 43.0. The molecule has 91 heavy (non-hydrogen) atoms. The van der Waals surface area contributed by atoms with Gasteiger partial charge in [-0.1, -0.05) is 111 Å². The molecule has 2 aliphatic rings. The minimum absolute atomic E-state index is 0.0510. The average Bonchev–Trinajstić information content (AvgIpc) is 1.84. The molecule has 26 heteroatoms. The van der Waals surface area contributed by atoms with E-state index in [0.29, 0.717) is 42.6 Å². The van der Waals surface area contributed by atoms with Gasteiger partial charge in [-0.3, -0.25) is 53.0 Å². The van der Waals surface area contributed by atoms with Gasteiger partial charge in [0.25, 0.3) is 11.8 Å². The number of urea groups is 1.